The summed E-state index contributed by atoms with van der Waals surface area (Å²) in [5, 5.41) is 9.32. The number of aliphatic hydroxyl groups is 1. The number of aliphatic hydroxyl groups excluding tert-OH is 1. The van der Waals surface area contributed by atoms with E-state index in [4.69, 9.17) is 10.5 Å². The lowest BCUT2D eigenvalue weighted by atomic mass is 10.2. The second-order valence-electron chi connectivity index (χ2n) is 3.40. The fraction of sp³-hybridized carbons (Fsp3) is 0.455. The zero-order valence-electron chi connectivity index (χ0n) is 8.66. The summed E-state index contributed by atoms with van der Waals surface area (Å²) in [5.41, 5.74) is 7.33. The highest BCUT2D eigenvalue weighted by Crippen LogP contribution is 2.20. The molecule has 0 aromatic heterocycles. The van der Waals surface area contributed by atoms with Crippen molar-refractivity contribution in [3.8, 4) is 5.75 Å². The molecule has 1 unspecified atom stereocenters. The Morgan fingerprint density at radius 3 is 2.79 bits per heavy atom. The molecule has 1 rings (SSSR count). The summed E-state index contributed by atoms with van der Waals surface area (Å²) in [5.74, 6) is 0.784. The molecular formula is C11H17NO2. The van der Waals surface area contributed by atoms with Gasteiger partial charge in [-0.15, -0.1) is 0 Å². The topological polar surface area (TPSA) is 55.5 Å². The summed E-state index contributed by atoms with van der Waals surface area (Å²) in [6.45, 7) is 4.19. The molecule has 0 bridgehead atoms. The van der Waals surface area contributed by atoms with Crippen LogP contribution >= 0.6 is 0 Å². The summed E-state index contributed by atoms with van der Waals surface area (Å²) in [6, 6.07) is 5.47. The van der Waals surface area contributed by atoms with Crippen LogP contribution in [-0.4, -0.2) is 17.8 Å². The fourth-order valence-electron chi connectivity index (χ4n) is 1.14. The van der Waals surface area contributed by atoms with Crippen LogP contribution in [-0.2, 0) is 0 Å². The molecule has 0 saturated carbocycles. The zero-order valence-corrected chi connectivity index (χ0v) is 8.66. The molecule has 0 fully saturated rings. The lowest BCUT2D eigenvalue weighted by molar-refractivity contribution is 0.104. The monoisotopic (exact) mass is 195 g/mol. The highest BCUT2D eigenvalue weighted by atomic mass is 16.5. The highest BCUT2D eigenvalue weighted by molar-refractivity contribution is 5.47. The fourth-order valence-corrected chi connectivity index (χ4v) is 1.14. The van der Waals surface area contributed by atoms with Gasteiger partial charge in [0.2, 0.25) is 0 Å². The van der Waals surface area contributed by atoms with Crippen molar-refractivity contribution in [2.45, 2.75) is 26.4 Å². The van der Waals surface area contributed by atoms with Crippen molar-refractivity contribution < 1.29 is 9.84 Å². The SMILES string of the molecule is CCC(O)COc1ccc(N)cc1C. The van der Waals surface area contributed by atoms with Crippen LogP contribution in [0.15, 0.2) is 18.2 Å². The van der Waals surface area contributed by atoms with Crippen LogP contribution in [0.1, 0.15) is 18.9 Å². The molecule has 0 spiro atoms. The van der Waals surface area contributed by atoms with Gasteiger partial charge in [-0.3, -0.25) is 0 Å². The smallest absolute Gasteiger partial charge is 0.122 e. The van der Waals surface area contributed by atoms with Gasteiger partial charge in [-0.05, 0) is 37.1 Å². The van der Waals surface area contributed by atoms with Gasteiger partial charge in [0, 0.05) is 5.69 Å². The van der Waals surface area contributed by atoms with Gasteiger partial charge in [0.25, 0.3) is 0 Å². The summed E-state index contributed by atoms with van der Waals surface area (Å²) in [6.07, 6.45) is 0.306. The minimum absolute atomic E-state index is 0.335. The van der Waals surface area contributed by atoms with Crippen LogP contribution in [0.4, 0.5) is 5.69 Å². The molecule has 0 saturated heterocycles. The van der Waals surface area contributed by atoms with Gasteiger partial charge in [0.15, 0.2) is 0 Å². The third-order valence-corrected chi connectivity index (χ3v) is 2.10. The Morgan fingerprint density at radius 1 is 1.50 bits per heavy atom. The Morgan fingerprint density at radius 2 is 2.21 bits per heavy atom. The second kappa shape index (κ2) is 4.86. The summed E-state index contributed by atoms with van der Waals surface area (Å²) in [4.78, 5) is 0. The molecule has 3 nitrogen and oxygen atoms in total. The van der Waals surface area contributed by atoms with E-state index in [1.54, 1.807) is 6.07 Å². The Kier molecular flexibility index (Phi) is 3.77. The number of rotatable bonds is 4. The van der Waals surface area contributed by atoms with Crippen LogP contribution in [0.2, 0.25) is 0 Å². The molecule has 3 N–H and O–H groups in total. The Labute approximate surface area is 84.5 Å². The molecule has 0 heterocycles. The number of hydrogen-bond donors (Lipinski definition) is 2. The molecule has 3 heteroatoms. The van der Waals surface area contributed by atoms with Gasteiger partial charge in [-0.25, -0.2) is 0 Å². The molecule has 1 atom stereocenters. The van der Waals surface area contributed by atoms with Crippen molar-refractivity contribution in [3.05, 3.63) is 23.8 Å². The summed E-state index contributed by atoms with van der Waals surface area (Å²) in [7, 11) is 0. The summed E-state index contributed by atoms with van der Waals surface area (Å²) >= 11 is 0. The lowest BCUT2D eigenvalue weighted by Crippen LogP contribution is -2.16. The minimum atomic E-state index is -0.396. The van der Waals surface area contributed by atoms with E-state index in [9.17, 15) is 5.11 Å². The molecule has 78 valence electrons. The van der Waals surface area contributed by atoms with Crippen molar-refractivity contribution in [2.24, 2.45) is 0 Å². The van der Waals surface area contributed by atoms with Crippen LogP contribution < -0.4 is 10.5 Å². The number of hydrogen-bond acceptors (Lipinski definition) is 3. The first-order chi connectivity index (χ1) is 6.63. The predicted octanol–water partition coefficient (Wildman–Crippen LogP) is 1.73. The highest BCUT2D eigenvalue weighted by Gasteiger charge is 2.04. The zero-order chi connectivity index (χ0) is 10.6. The first kappa shape index (κ1) is 10.9. The average Bonchev–Trinajstić information content (AvgIpc) is 2.16. The average molecular weight is 195 g/mol. The van der Waals surface area contributed by atoms with Crippen LogP contribution in [0.3, 0.4) is 0 Å². The standard InChI is InChI=1S/C11H17NO2/c1-3-10(13)7-14-11-5-4-9(12)6-8(11)2/h4-6,10,13H,3,7,12H2,1-2H3. The second-order valence-corrected chi connectivity index (χ2v) is 3.40. The van der Waals surface area contributed by atoms with Gasteiger partial charge >= 0.3 is 0 Å². The third-order valence-electron chi connectivity index (χ3n) is 2.10. The van der Waals surface area contributed by atoms with E-state index in [1.807, 2.05) is 26.0 Å². The van der Waals surface area contributed by atoms with Crippen LogP contribution in [0.25, 0.3) is 0 Å². The molecule has 1 aromatic rings. The number of nitrogen functional groups attached to an aromatic ring is 1. The van der Waals surface area contributed by atoms with Gasteiger partial charge in [-0.2, -0.15) is 0 Å². The molecule has 0 aliphatic rings. The minimum Gasteiger partial charge on any atom is -0.491 e. The van der Waals surface area contributed by atoms with Crippen molar-refractivity contribution in [2.75, 3.05) is 12.3 Å². The van der Waals surface area contributed by atoms with Crippen molar-refractivity contribution >= 4 is 5.69 Å². The largest absolute Gasteiger partial charge is 0.491 e. The van der Waals surface area contributed by atoms with Crippen molar-refractivity contribution in [1.29, 1.82) is 0 Å². The summed E-state index contributed by atoms with van der Waals surface area (Å²) < 4.78 is 5.44. The normalized spacial score (nSPS) is 12.5. The first-order valence-corrected chi connectivity index (χ1v) is 4.80. The van der Waals surface area contributed by atoms with Crippen LogP contribution in [0.5, 0.6) is 5.75 Å². The number of aryl methyl sites for hydroxylation is 1. The van der Waals surface area contributed by atoms with E-state index >= 15 is 0 Å². The molecule has 0 amide bonds. The van der Waals surface area contributed by atoms with Crippen LogP contribution in [0, 0.1) is 6.92 Å². The lowest BCUT2D eigenvalue weighted by Gasteiger charge is -2.12. The molecule has 0 radical (unpaired) electrons. The maximum atomic E-state index is 9.32. The first-order valence-electron chi connectivity index (χ1n) is 4.80. The van der Waals surface area contributed by atoms with Crippen molar-refractivity contribution in [1.82, 2.24) is 0 Å². The van der Waals surface area contributed by atoms with E-state index in [2.05, 4.69) is 0 Å². The van der Waals surface area contributed by atoms with Gasteiger partial charge < -0.3 is 15.6 Å². The molecule has 1 aromatic carbocycles. The number of nitrogens with two attached hydrogens (primary N) is 1. The quantitative estimate of drug-likeness (QED) is 0.719. The van der Waals surface area contributed by atoms with Gasteiger partial charge in [-0.1, -0.05) is 6.92 Å². The van der Waals surface area contributed by atoms with Gasteiger partial charge in [0.05, 0.1) is 6.10 Å². The van der Waals surface area contributed by atoms with E-state index in [0.717, 1.165) is 17.0 Å². The number of ether oxygens (including phenoxy) is 1. The maximum absolute atomic E-state index is 9.32. The Bertz CT molecular complexity index is 299. The molecule has 0 aliphatic heterocycles. The predicted molar refractivity (Wildman–Crippen MR) is 57.4 cm³/mol. The molecule has 0 aliphatic carbocycles. The number of benzene rings is 1. The Hall–Kier alpha value is -1.22. The Balaban J connectivity index is 2.59. The van der Waals surface area contributed by atoms with E-state index in [-0.39, 0.29) is 0 Å². The maximum Gasteiger partial charge on any atom is 0.122 e. The number of anilines is 1. The van der Waals surface area contributed by atoms with E-state index in [0.29, 0.717) is 13.0 Å². The van der Waals surface area contributed by atoms with Gasteiger partial charge in [0.1, 0.15) is 12.4 Å². The van der Waals surface area contributed by atoms with Crippen molar-refractivity contribution in [3.63, 3.8) is 0 Å². The molecular weight excluding hydrogens is 178 g/mol. The third kappa shape index (κ3) is 2.92. The molecule has 14 heavy (non-hydrogen) atoms. The van der Waals surface area contributed by atoms with E-state index in [1.165, 1.54) is 0 Å². The van der Waals surface area contributed by atoms with E-state index < -0.39 is 6.10 Å².